The van der Waals surface area contributed by atoms with E-state index in [1.165, 1.54) is 12.1 Å². The minimum atomic E-state index is -0.519. The zero-order chi connectivity index (χ0) is 14.5. The Labute approximate surface area is 120 Å². The monoisotopic (exact) mass is 288 g/mol. The molecule has 0 bridgehead atoms. The van der Waals surface area contributed by atoms with Gasteiger partial charge >= 0.3 is 5.69 Å². The average molecular weight is 289 g/mol. The maximum Gasteiger partial charge on any atom is 0.311 e. The molecule has 0 radical (unpaired) electrons. The van der Waals surface area contributed by atoms with Gasteiger partial charge in [-0.1, -0.05) is 6.07 Å². The lowest BCUT2D eigenvalue weighted by atomic mass is 10.2. The molecule has 0 aliphatic heterocycles. The van der Waals surface area contributed by atoms with Crippen LogP contribution in [0.4, 0.5) is 5.69 Å². The summed E-state index contributed by atoms with van der Waals surface area (Å²) in [6.07, 6.45) is 0. The summed E-state index contributed by atoms with van der Waals surface area (Å²) in [5, 5.41) is 19.7. The molecular formula is C14H9ClN2O3. The summed E-state index contributed by atoms with van der Waals surface area (Å²) in [7, 11) is 0. The molecule has 0 atom stereocenters. The summed E-state index contributed by atoms with van der Waals surface area (Å²) in [6.45, 7) is 0. The topological polar surface area (TPSA) is 76.2 Å². The molecule has 2 rings (SSSR count). The van der Waals surface area contributed by atoms with Gasteiger partial charge in [-0.15, -0.1) is 11.6 Å². The highest BCUT2D eigenvalue weighted by Crippen LogP contribution is 2.32. The molecule has 2 aromatic carbocycles. The normalized spacial score (nSPS) is 9.80. The quantitative estimate of drug-likeness (QED) is 0.484. The highest BCUT2D eigenvalue weighted by molar-refractivity contribution is 6.17. The van der Waals surface area contributed by atoms with Crippen molar-refractivity contribution in [2.75, 3.05) is 0 Å². The van der Waals surface area contributed by atoms with Gasteiger partial charge in [-0.3, -0.25) is 10.1 Å². The van der Waals surface area contributed by atoms with Gasteiger partial charge in [0, 0.05) is 11.9 Å². The second kappa shape index (κ2) is 6.04. The van der Waals surface area contributed by atoms with Crippen LogP contribution in [0, 0.1) is 21.4 Å². The Morgan fingerprint density at radius 2 is 1.95 bits per heavy atom. The van der Waals surface area contributed by atoms with Gasteiger partial charge in [-0.05, 0) is 35.9 Å². The third kappa shape index (κ3) is 3.05. The fourth-order valence-electron chi connectivity index (χ4n) is 1.60. The van der Waals surface area contributed by atoms with E-state index in [0.29, 0.717) is 16.9 Å². The Kier molecular flexibility index (Phi) is 4.18. The fourth-order valence-corrected chi connectivity index (χ4v) is 1.77. The van der Waals surface area contributed by atoms with Crippen LogP contribution in [0.15, 0.2) is 42.5 Å². The number of ether oxygens (including phenoxy) is 1. The van der Waals surface area contributed by atoms with Gasteiger partial charge in [-0.25, -0.2) is 0 Å². The van der Waals surface area contributed by atoms with Gasteiger partial charge in [0.05, 0.1) is 16.6 Å². The van der Waals surface area contributed by atoms with Crippen molar-refractivity contribution in [2.45, 2.75) is 5.88 Å². The molecule has 0 fully saturated rings. The molecule has 20 heavy (non-hydrogen) atoms. The van der Waals surface area contributed by atoms with Crippen molar-refractivity contribution >= 4 is 17.3 Å². The number of rotatable bonds is 4. The highest BCUT2D eigenvalue weighted by atomic mass is 35.5. The first-order valence-corrected chi connectivity index (χ1v) is 6.19. The van der Waals surface area contributed by atoms with Gasteiger partial charge < -0.3 is 4.74 Å². The van der Waals surface area contributed by atoms with Gasteiger partial charge in [-0.2, -0.15) is 5.26 Å². The first-order chi connectivity index (χ1) is 9.63. The third-order valence-electron chi connectivity index (χ3n) is 2.59. The molecule has 6 heteroatoms. The molecule has 0 unspecified atom stereocenters. The number of nitriles is 1. The van der Waals surface area contributed by atoms with Gasteiger partial charge in [0.2, 0.25) is 5.75 Å². The van der Waals surface area contributed by atoms with Gasteiger partial charge in [0.25, 0.3) is 0 Å². The summed E-state index contributed by atoms with van der Waals surface area (Å²) in [5.74, 6) is 0.747. The number of nitrogens with zero attached hydrogens (tertiary/aromatic N) is 2. The zero-order valence-electron chi connectivity index (χ0n) is 10.2. The minimum Gasteiger partial charge on any atom is -0.450 e. The van der Waals surface area contributed by atoms with E-state index < -0.39 is 4.92 Å². The van der Waals surface area contributed by atoms with Crippen molar-refractivity contribution < 1.29 is 9.66 Å². The lowest BCUT2D eigenvalue weighted by Crippen LogP contribution is -1.94. The van der Waals surface area contributed by atoms with Crippen LogP contribution in [0.5, 0.6) is 11.5 Å². The minimum absolute atomic E-state index is 0.133. The maximum atomic E-state index is 11.0. The van der Waals surface area contributed by atoms with E-state index in [9.17, 15) is 10.1 Å². The Morgan fingerprint density at radius 3 is 2.50 bits per heavy atom. The molecule has 0 spiro atoms. The first kappa shape index (κ1) is 13.8. The Balaban J connectivity index is 2.32. The van der Waals surface area contributed by atoms with Crippen LogP contribution < -0.4 is 4.74 Å². The Bertz CT molecular complexity index is 678. The van der Waals surface area contributed by atoms with E-state index in [4.69, 9.17) is 21.6 Å². The van der Waals surface area contributed by atoms with E-state index in [1.54, 1.807) is 30.3 Å². The maximum absolute atomic E-state index is 11.0. The predicted octanol–water partition coefficient (Wildman–Crippen LogP) is 4.00. The number of benzene rings is 2. The second-order valence-corrected chi connectivity index (χ2v) is 4.20. The van der Waals surface area contributed by atoms with Gasteiger partial charge in [0.15, 0.2) is 0 Å². The van der Waals surface area contributed by atoms with Crippen molar-refractivity contribution in [3.63, 3.8) is 0 Å². The molecule has 100 valence electrons. The number of hydrogen-bond donors (Lipinski definition) is 0. The van der Waals surface area contributed by atoms with Crippen molar-refractivity contribution in [3.05, 3.63) is 63.7 Å². The third-order valence-corrected chi connectivity index (χ3v) is 2.89. The molecule has 5 nitrogen and oxygen atoms in total. The molecule has 0 heterocycles. The van der Waals surface area contributed by atoms with Crippen LogP contribution in [0.2, 0.25) is 0 Å². The molecule has 0 N–H and O–H groups in total. The highest BCUT2D eigenvalue weighted by Gasteiger charge is 2.16. The zero-order valence-corrected chi connectivity index (χ0v) is 11.0. The summed E-state index contributed by atoms with van der Waals surface area (Å²) < 4.78 is 5.48. The molecule has 0 aliphatic carbocycles. The van der Waals surface area contributed by atoms with Crippen LogP contribution in [0.1, 0.15) is 11.1 Å². The molecular weight excluding hydrogens is 280 g/mol. The first-order valence-electron chi connectivity index (χ1n) is 5.65. The van der Waals surface area contributed by atoms with Crippen molar-refractivity contribution in [2.24, 2.45) is 0 Å². The lowest BCUT2D eigenvalue weighted by Gasteiger charge is -2.07. The standard InChI is InChI=1S/C14H9ClN2O3/c15-8-11-3-6-14(13(7-11)17(18)19)20-12-4-1-10(9-16)2-5-12/h1-7H,8H2. The van der Waals surface area contributed by atoms with Crippen LogP contribution in [-0.2, 0) is 5.88 Å². The molecule has 0 aromatic heterocycles. The molecule has 0 saturated heterocycles. The summed E-state index contributed by atoms with van der Waals surface area (Å²) >= 11 is 5.66. The largest absolute Gasteiger partial charge is 0.450 e. The second-order valence-electron chi connectivity index (χ2n) is 3.93. The summed E-state index contributed by atoms with van der Waals surface area (Å²) in [5.41, 5.74) is 0.988. The Hall–Kier alpha value is -2.58. The van der Waals surface area contributed by atoms with Crippen LogP contribution in [0.25, 0.3) is 0 Å². The van der Waals surface area contributed by atoms with E-state index in [1.807, 2.05) is 6.07 Å². The van der Waals surface area contributed by atoms with Crippen LogP contribution >= 0.6 is 11.6 Å². The van der Waals surface area contributed by atoms with Crippen molar-refractivity contribution in [1.29, 1.82) is 5.26 Å². The molecule has 0 amide bonds. The van der Waals surface area contributed by atoms with E-state index in [2.05, 4.69) is 0 Å². The molecule has 2 aromatic rings. The summed E-state index contributed by atoms with van der Waals surface area (Å²) in [6, 6.07) is 12.9. The van der Waals surface area contributed by atoms with E-state index in [0.717, 1.165) is 0 Å². The summed E-state index contributed by atoms with van der Waals surface area (Å²) in [4.78, 5) is 10.5. The SMILES string of the molecule is N#Cc1ccc(Oc2ccc(CCl)cc2[N+](=O)[O-])cc1. The number of halogens is 1. The lowest BCUT2D eigenvalue weighted by molar-refractivity contribution is -0.385. The molecule has 0 aliphatic rings. The number of hydrogen-bond acceptors (Lipinski definition) is 4. The molecule has 0 saturated carbocycles. The smallest absolute Gasteiger partial charge is 0.311 e. The van der Waals surface area contributed by atoms with E-state index >= 15 is 0 Å². The number of nitro benzene ring substituents is 1. The van der Waals surface area contributed by atoms with Crippen molar-refractivity contribution in [1.82, 2.24) is 0 Å². The van der Waals surface area contributed by atoms with Crippen LogP contribution in [0.3, 0.4) is 0 Å². The average Bonchev–Trinajstić information content (AvgIpc) is 2.48. The van der Waals surface area contributed by atoms with Crippen molar-refractivity contribution in [3.8, 4) is 17.6 Å². The Morgan fingerprint density at radius 1 is 1.25 bits per heavy atom. The van der Waals surface area contributed by atoms with E-state index in [-0.39, 0.29) is 17.3 Å². The number of alkyl halides is 1. The van der Waals surface area contributed by atoms with Gasteiger partial charge in [0.1, 0.15) is 5.75 Å². The fraction of sp³-hybridized carbons (Fsp3) is 0.0714. The predicted molar refractivity (Wildman–Crippen MR) is 73.9 cm³/mol. The number of nitro groups is 1. The van der Waals surface area contributed by atoms with Crippen LogP contribution in [-0.4, -0.2) is 4.92 Å².